The van der Waals surface area contributed by atoms with Crippen molar-refractivity contribution in [1.82, 2.24) is 5.32 Å². The van der Waals surface area contributed by atoms with E-state index in [9.17, 15) is 9.90 Å². The van der Waals surface area contributed by atoms with Gasteiger partial charge in [0.25, 0.3) is 0 Å². The van der Waals surface area contributed by atoms with E-state index in [1.54, 1.807) is 30.5 Å². The summed E-state index contributed by atoms with van der Waals surface area (Å²) >= 11 is 5.92. The van der Waals surface area contributed by atoms with E-state index < -0.39 is 6.09 Å². The van der Waals surface area contributed by atoms with Gasteiger partial charge in [0, 0.05) is 23.8 Å². The lowest BCUT2D eigenvalue weighted by Crippen LogP contribution is -2.22. The van der Waals surface area contributed by atoms with E-state index in [4.69, 9.17) is 16.3 Å². The summed E-state index contributed by atoms with van der Waals surface area (Å²) < 4.78 is 5.12. The molecule has 2 aromatic carbocycles. The number of nitrogens with one attached hydrogen (secondary N) is 1. The molecule has 2 aromatic rings. The minimum Gasteiger partial charge on any atom is -0.507 e. The van der Waals surface area contributed by atoms with Crippen LogP contribution in [0, 0.1) is 13.8 Å². The third kappa shape index (κ3) is 4.23. The van der Waals surface area contributed by atoms with Crippen LogP contribution >= 0.6 is 11.6 Å². The monoisotopic (exact) mass is 332 g/mol. The molecule has 5 nitrogen and oxygen atoms in total. The number of carbonyl (C=O) groups excluding carboxylic acids is 1. The smallest absolute Gasteiger partial charge is 0.412 e. The average molecular weight is 333 g/mol. The molecule has 0 saturated heterocycles. The fourth-order valence-electron chi connectivity index (χ4n) is 2.10. The first-order valence-corrected chi connectivity index (χ1v) is 7.32. The average Bonchev–Trinajstić information content (AvgIpc) is 2.49. The number of benzene rings is 2. The minimum absolute atomic E-state index is 0.105. The maximum absolute atomic E-state index is 11.3. The Balaban J connectivity index is 2.31. The Morgan fingerprint density at radius 2 is 1.91 bits per heavy atom. The molecular weight excluding hydrogens is 316 g/mol. The van der Waals surface area contributed by atoms with Crippen LogP contribution in [0.3, 0.4) is 0 Å². The highest BCUT2D eigenvalue weighted by molar-refractivity contribution is 6.30. The number of aryl methyl sites for hydroxylation is 2. The van der Waals surface area contributed by atoms with Crippen LogP contribution in [0.1, 0.15) is 16.7 Å². The molecule has 0 heterocycles. The molecule has 0 aliphatic rings. The number of phenolic OH excluding ortho intramolecular Hbond substituents is 1. The first-order chi connectivity index (χ1) is 10.9. The van der Waals surface area contributed by atoms with Crippen LogP contribution in [0.4, 0.5) is 10.5 Å². The quantitative estimate of drug-likeness (QED) is 0.830. The zero-order valence-corrected chi connectivity index (χ0v) is 13.8. The second-order valence-electron chi connectivity index (χ2n) is 5.01. The van der Waals surface area contributed by atoms with E-state index >= 15 is 0 Å². The van der Waals surface area contributed by atoms with Crippen LogP contribution in [0.15, 0.2) is 35.3 Å². The van der Waals surface area contributed by atoms with Gasteiger partial charge in [-0.05, 0) is 55.3 Å². The number of aliphatic imine (C=N–C) groups is 1. The second kappa shape index (κ2) is 7.15. The highest BCUT2D eigenvalue weighted by Gasteiger charge is 2.08. The van der Waals surface area contributed by atoms with Crippen LogP contribution < -0.4 is 10.1 Å². The molecule has 23 heavy (non-hydrogen) atoms. The van der Waals surface area contributed by atoms with Gasteiger partial charge in [-0.1, -0.05) is 11.6 Å². The van der Waals surface area contributed by atoms with Crippen molar-refractivity contribution >= 4 is 29.6 Å². The molecule has 6 heteroatoms. The summed E-state index contributed by atoms with van der Waals surface area (Å²) in [6, 6.07) is 8.22. The molecular formula is C17H17ClN2O3. The number of rotatable bonds is 3. The molecule has 0 fully saturated rings. The van der Waals surface area contributed by atoms with Crippen LogP contribution in [0.5, 0.6) is 11.5 Å². The Kier molecular flexibility index (Phi) is 5.24. The van der Waals surface area contributed by atoms with Crippen LogP contribution in [0.2, 0.25) is 5.02 Å². The highest BCUT2D eigenvalue weighted by atomic mass is 35.5. The first kappa shape index (κ1) is 16.8. The third-order valence-electron chi connectivity index (χ3n) is 3.20. The van der Waals surface area contributed by atoms with Gasteiger partial charge in [0.1, 0.15) is 11.5 Å². The van der Waals surface area contributed by atoms with Crippen molar-refractivity contribution < 1.29 is 14.6 Å². The van der Waals surface area contributed by atoms with Gasteiger partial charge in [-0.25, -0.2) is 4.79 Å². The second-order valence-corrected chi connectivity index (χ2v) is 5.44. The molecule has 0 bridgehead atoms. The van der Waals surface area contributed by atoms with E-state index in [1.807, 2.05) is 13.8 Å². The number of aromatic hydroxyl groups is 1. The standard InChI is InChI=1S/C17H17ClN2O3/c1-10-6-14(23-17(22)19-3)7-11(2)16(10)20-9-12-8-13(18)4-5-15(12)21/h4-9,21H,1-3H3,(H,19,22)/b20-9+. The molecule has 0 radical (unpaired) electrons. The Hall–Kier alpha value is -2.53. The molecule has 0 unspecified atom stereocenters. The van der Waals surface area contributed by atoms with Gasteiger partial charge in [-0.2, -0.15) is 0 Å². The molecule has 0 spiro atoms. The molecule has 0 aromatic heterocycles. The van der Waals surface area contributed by atoms with Gasteiger partial charge in [0.15, 0.2) is 0 Å². The van der Waals surface area contributed by atoms with Gasteiger partial charge in [0.05, 0.1) is 5.69 Å². The lowest BCUT2D eigenvalue weighted by Gasteiger charge is -2.09. The Morgan fingerprint density at radius 1 is 1.26 bits per heavy atom. The molecule has 0 atom stereocenters. The number of ether oxygens (including phenoxy) is 1. The largest absolute Gasteiger partial charge is 0.507 e. The van der Waals surface area contributed by atoms with Gasteiger partial charge < -0.3 is 15.2 Å². The van der Waals surface area contributed by atoms with Gasteiger partial charge in [-0.15, -0.1) is 0 Å². The number of hydrogen-bond acceptors (Lipinski definition) is 4. The molecule has 1 amide bonds. The van der Waals surface area contributed by atoms with Crippen molar-refractivity contribution in [3.63, 3.8) is 0 Å². The van der Waals surface area contributed by atoms with Crippen molar-refractivity contribution in [1.29, 1.82) is 0 Å². The maximum atomic E-state index is 11.3. The normalized spacial score (nSPS) is 10.8. The van der Waals surface area contributed by atoms with E-state index in [0.29, 0.717) is 16.3 Å². The summed E-state index contributed by atoms with van der Waals surface area (Å²) in [5, 5.41) is 12.7. The summed E-state index contributed by atoms with van der Waals surface area (Å²) in [7, 11) is 1.50. The summed E-state index contributed by atoms with van der Waals surface area (Å²) in [6.45, 7) is 3.74. The number of amides is 1. The predicted octanol–water partition coefficient (Wildman–Crippen LogP) is 4.13. The Bertz CT molecular complexity index is 749. The van der Waals surface area contributed by atoms with Crippen molar-refractivity contribution in [2.75, 3.05) is 7.05 Å². The lowest BCUT2D eigenvalue weighted by molar-refractivity contribution is 0.203. The van der Waals surface area contributed by atoms with E-state index in [1.165, 1.54) is 13.1 Å². The number of hydrogen-bond donors (Lipinski definition) is 2. The fraction of sp³-hybridized carbons (Fsp3) is 0.176. The summed E-state index contributed by atoms with van der Waals surface area (Å²) in [4.78, 5) is 15.7. The van der Waals surface area contributed by atoms with Crippen LogP contribution in [0.25, 0.3) is 0 Å². The molecule has 2 N–H and O–H groups in total. The van der Waals surface area contributed by atoms with Gasteiger partial charge in [-0.3, -0.25) is 4.99 Å². The van der Waals surface area contributed by atoms with E-state index in [2.05, 4.69) is 10.3 Å². The predicted molar refractivity (Wildman–Crippen MR) is 91.4 cm³/mol. The molecule has 0 aliphatic heterocycles. The number of halogens is 1. The number of phenols is 1. The van der Waals surface area contributed by atoms with Crippen LogP contribution in [-0.4, -0.2) is 24.5 Å². The molecule has 0 saturated carbocycles. The van der Waals surface area contributed by atoms with Gasteiger partial charge >= 0.3 is 6.09 Å². The van der Waals surface area contributed by atoms with Crippen molar-refractivity contribution in [3.8, 4) is 11.5 Å². The van der Waals surface area contributed by atoms with Crippen molar-refractivity contribution in [2.45, 2.75) is 13.8 Å². The Labute approximate surface area is 139 Å². The summed E-state index contributed by atoms with van der Waals surface area (Å²) in [5.41, 5.74) is 2.97. The summed E-state index contributed by atoms with van der Waals surface area (Å²) in [5.74, 6) is 0.553. The summed E-state index contributed by atoms with van der Waals surface area (Å²) in [6.07, 6.45) is 1.03. The Morgan fingerprint density at radius 3 is 2.52 bits per heavy atom. The van der Waals surface area contributed by atoms with Crippen molar-refractivity contribution in [2.24, 2.45) is 4.99 Å². The van der Waals surface area contributed by atoms with E-state index in [0.717, 1.165) is 16.8 Å². The van der Waals surface area contributed by atoms with E-state index in [-0.39, 0.29) is 5.75 Å². The van der Waals surface area contributed by atoms with Crippen molar-refractivity contribution in [3.05, 3.63) is 52.0 Å². The fourth-order valence-corrected chi connectivity index (χ4v) is 2.28. The number of nitrogens with zero attached hydrogens (tertiary/aromatic N) is 1. The molecule has 0 aliphatic carbocycles. The number of carbonyl (C=O) groups is 1. The zero-order valence-electron chi connectivity index (χ0n) is 13.1. The zero-order chi connectivity index (χ0) is 17.0. The SMILES string of the molecule is CNC(=O)Oc1cc(C)c(/N=C/c2cc(Cl)ccc2O)c(C)c1. The highest BCUT2D eigenvalue weighted by Crippen LogP contribution is 2.29. The maximum Gasteiger partial charge on any atom is 0.412 e. The first-order valence-electron chi connectivity index (χ1n) is 6.94. The lowest BCUT2D eigenvalue weighted by atomic mass is 10.1. The topological polar surface area (TPSA) is 70.9 Å². The molecule has 120 valence electrons. The van der Waals surface area contributed by atoms with Crippen LogP contribution in [-0.2, 0) is 0 Å². The van der Waals surface area contributed by atoms with Gasteiger partial charge in [0.2, 0.25) is 0 Å². The third-order valence-corrected chi connectivity index (χ3v) is 3.44. The minimum atomic E-state index is -0.524. The molecule has 2 rings (SSSR count).